The fraction of sp³-hybridized carbons (Fsp3) is 0.0833. The monoisotopic (exact) mass is 415 g/mol. The van der Waals surface area contributed by atoms with E-state index in [0.29, 0.717) is 29.6 Å². The molecule has 0 spiro atoms. The lowest BCUT2D eigenvalue weighted by Crippen LogP contribution is -2.25. The molecule has 0 aliphatic heterocycles. The van der Waals surface area contributed by atoms with Crippen LogP contribution in [0.25, 0.3) is 22.3 Å². The van der Waals surface area contributed by atoms with Crippen LogP contribution in [0, 0.1) is 0 Å². The standard InChI is InChI=1S/C24H18ClN3O2/c25-19-12-10-18(11-13-19)21-14-20(30-26-21)16-28-23-9-5-4-8-22(23)27(24(28)29)15-17-6-2-1-3-7-17/h1-14H,15-16H2. The molecule has 0 radical (unpaired) electrons. The van der Waals surface area contributed by atoms with E-state index < -0.39 is 0 Å². The first kappa shape index (κ1) is 18.5. The minimum absolute atomic E-state index is 0.0792. The van der Waals surface area contributed by atoms with Crippen LogP contribution < -0.4 is 5.69 Å². The average molecular weight is 416 g/mol. The van der Waals surface area contributed by atoms with Gasteiger partial charge in [0.25, 0.3) is 0 Å². The zero-order valence-electron chi connectivity index (χ0n) is 16.0. The van der Waals surface area contributed by atoms with Crippen LogP contribution in [-0.2, 0) is 13.1 Å². The van der Waals surface area contributed by atoms with Crippen molar-refractivity contribution in [3.8, 4) is 11.3 Å². The van der Waals surface area contributed by atoms with Gasteiger partial charge in [-0.25, -0.2) is 4.79 Å². The second kappa shape index (κ2) is 7.69. The molecule has 0 amide bonds. The number of benzene rings is 3. The molecule has 30 heavy (non-hydrogen) atoms. The molecule has 5 rings (SSSR count). The predicted molar refractivity (Wildman–Crippen MR) is 118 cm³/mol. The Morgan fingerprint density at radius 1 is 0.800 bits per heavy atom. The Bertz CT molecular complexity index is 1370. The van der Waals surface area contributed by atoms with Crippen LogP contribution in [0.5, 0.6) is 0 Å². The molecule has 2 aromatic heterocycles. The highest BCUT2D eigenvalue weighted by molar-refractivity contribution is 6.30. The van der Waals surface area contributed by atoms with Gasteiger partial charge in [0, 0.05) is 16.7 Å². The third-order valence-electron chi connectivity index (χ3n) is 5.12. The fourth-order valence-corrected chi connectivity index (χ4v) is 3.77. The van der Waals surface area contributed by atoms with Gasteiger partial charge in [0.1, 0.15) is 5.69 Å². The van der Waals surface area contributed by atoms with Gasteiger partial charge in [0.05, 0.1) is 24.1 Å². The van der Waals surface area contributed by atoms with E-state index in [1.54, 1.807) is 9.13 Å². The van der Waals surface area contributed by atoms with E-state index in [4.69, 9.17) is 16.1 Å². The van der Waals surface area contributed by atoms with Gasteiger partial charge in [-0.05, 0) is 29.8 Å². The lowest BCUT2D eigenvalue weighted by Gasteiger charge is -2.03. The Morgan fingerprint density at radius 2 is 1.43 bits per heavy atom. The van der Waals surface area contributed by atoms with Crippen LogP contribution in [-0.4, -0.2) is 14.3 Å². The first-order valence-electron chi connectivity index (χ1n) is 9.62. The van der Waals surface area contributed by atoms with Gasteiger partial charge >= 0.3 is 5.69 Å². The van der Waals surface area contributed by atoms with E-state index in [1.807, 2.05) is 84.9 Å². The molecule has 0 bridgehead atoms. The first-order chi connectivity index (χ1) is 14.7. The van der Waals surface area contributed by atoms with Crippen molar-refractivity contribution < 1.29 is 4.52 Å². The fourth-order valence-electron chi connectivity index (χ4n) is 3.64. The summed E-state index contributed by atoms with van der Waals surface area (Å²) in [5.41, 5.74) is 4.37. The normalized spacial score (nSPS) is 11.2. The molecular formula is C24H18ClN3O2. The summed E-state index contributed by atoms with van der Waals surface area (Å²) < 4.78 is 9.05. The lowest BCUT2D eigenvalue weighted by atomic mass is 10.1. The highest BCUT2D eigenvalue weighted by atomic mass is 35.5. The van der Waals surface area contributed by atoms with Gasteiger partial charge in [-0.1, -0.05) is 71.4 Å². The molecule has 0 fully saturated rings. The van der Waals surface area contributed by atoms with Crippen LogP contribution in [0.3, 0.4) is 0 Å². The van der Waals surface area contributed by atoms with Crippen LogP contribution in [0.4, 0.5) is 0 Å². The van der Waals surface area contributed by atoms with E-state index in [-0.39, 0.29) is 5.69 Å². The number of imidazole rings is 1. The molecule has 5 nitrogen and oxygen atoms in total. The molecular weight excluding hydrogens is 398 g/mol. The Hall–Kier alpha value is -3.57. The van der Waals surface area contributed by atoms with Gasteiger partial charge in [-0.2, -0.15) is 0 Å². The van der Waals surface area contributed by atoms with Crippen LogP contribution in [0.2, 0.25) is 5.02 Å². The largest absolute Gasteiger partial charge is 0.359 e. The smallest absolute Gasteiger partial charge is 0.329 e. The van der Waals surface area contributed by atoms with Gasteiger partial charge in [-0.15, -0.1) is 0 Å². The summed E-state index contributed by atoms with van der Waals surface area (Å²) >= 11 is 5.96. The lowest BCUT2D eigenvalue weighted by molar-refractivity contribution is 0.377. The predicted octanol–water partition coefficient (Wildman–Crippen LogP) is 5.21. The van der Waals surface area contributed by atoms with Crippen molar-refractivity contribution in [2.75, 3.05) is 0 Å². The number of halogens is 1. The maximum atomic E-state index is 13.3. The Labute approximate surface area is 177 Å². The zero-order chi connectivity index (χ0) is 20.5. The molecule has 0 aliphatic carbocycles. The molecule has 2 heterocycles. The maximum absolute atomic E-state index is 13.3. The van der Waals surface area contributed by atoms with E-state index in [1.165, 1.54) is 0 Å². The highest BCUT2D eigenvalue weighted by Gasteiger charge is 2.16. The van der Waals surface area contributed by atoms with Crippen molar-refractivity contribution in [3.05, 3.63) is 112 Å². The van der Waals surface area contributed by atoms with Crippen molar-refractivity contribution >= 4 is 22.6 Å². The molecule has 3 aromatic carbocycles. The molecule has 0 N–H and O–H groups in total. The van der Waals surface area contributed by atoms with Crippen LogP contribution in [0.15, 0.2) is 94.2 Å². The minimum atomic E-state index is -0.0792. The summed E-state index contributed by atoms with van der Waals surface area (Å²) in [5.74, 6) is 0.615. The van der Waals surface area contributed by atoms with Gasteiger partial charge in [-0.3, -0.25) is 9.13 Å². The Kier molecular flexibility index (Phi) is 4.73. The average Bonchev–Trinajstić information content (AvgIpc) is 3.34. The Morgan fingerprint density at radius 3 is 2.13 bits per heavy atom. The summed E-state index contributed by atoms with van der Waals surface area (Å²) in [6.07, 6.45) is 0. The van der Waals surface area contributed by atoms with Crippen molar-refractivity contribution in [1.29, 1.82) is 0 Å². The summed E-state index contributed by atoms with van der Waals surface area (Å²) in [7, 11) is 0. The second-order valence-corrected chi connectivity index (χ2v) is 7.55. The number of para-hydroxylation sites is 2. The maximum Gasteiger partial charge on any atom is 0.329 e. The molecule has 0 aliphatic rings. The zero-order valence-corrected chi connectivity index (χ0v) is 16.8. The summed E-state index contributed by atoms with van der Waals surface area (Å²) in [5, 5.41) is 4.82. The second-order valence-electron chi connectivity index (χ2n) is 7.11. The molecule has 148 valence electrons. The first-order valence-corrected chi connectivity index (χ1v) is 10.0. The van der Waals surface area contributed by atoms with Crippen molar-refractivity contribution in [3.63, 3.8) is 0 Å². The highest BCUT2D eigenvalue weighted by Crippen LogP contribution is 2.22. The minimum Gasteiger partial charge on any atom is -0.359 e. The van der Waals surface area contributed by atoms with E-state index >= 15 is 0 Å². The number of hydrogen-bond acceptors (Lipinski definition) is 3. The van der Waals surface area contributed by atoms with Crippen LogP contribution >= 0.6 is 11.6 Å². The molecule has 0 atom stereocenters. The molecule has 5 aromatic rings. The molecule has 0 saturated heterocycles. The third kappa shape index (κ3) is 3.44. The summed E-state index contributed by atoms with van der Waals surface area (Å²) in [4.78, 5) is 13.3. The van der Waals surface area contributed by atoms with E-state index in [9.17, 15) is 4.79 Å². The quantitative estimate of drug-likeness (QED) is 0.396. The number of hydrogen-bond donors (Lipinski definition) is 0. The van der Waals surface area contributed by atoms with Gasteiger partial charge < -0.3 is 4.52 Å². The third-order valence-corrected chi connectivity index (χ3v) is 5.37. The number of rotatable bonds is 5. The molecule has 6 heteroatoms. The molecule has 0 saturated carbocycles. The van der Waals surface area contributed by atoms with E-state index in [0.717, 1.165) is 22.2 Å². The van der Waals surface area contributed by atoms with Crippen molar-refractivity contribution in [2.45, 2.75) is 13.1 Å². The van der Waals surface area contributed by atoms with Crippen molar-refractivity contribution in [2.24, 2.45) is 0 Å². The van der Waals surface area contributed by atoms with Gasteiger partial charge in [0.15, 0.2) is 5.76 Å². The summed E-state index contributed by atoms with van der Waals surface area (Å²) in [6.45, 7) is 0.821. The number of nitrogens with zero attached hydrogens (tertiary/aromatic N) is 3. The molecule has 0 unspecified atom stereocenters. The SMILES string of the molecule is O=c1n(Cc2ccccc2)c2ccccc2n1Cc1cc(-c2ccc(Cl)cc2)no1. The topological polar surface area (TPSA) is 53.0 Å². The summed E-state index contributed by atoms with van der Waals surface area (Å²) in [6, 6.07) is 27.0. The number of fused-ring (bicyclic) bond motifs is 1. The Balaban J connectivity index is 1.52. The van der Waals surface area contributed by atoms with Crippen LogP contribution in [0.1, 0.15) is 11.3 Å². The number of aromatic nitrogens is 3. The van der Waals surface area contributed by atoms with E-state index in [2.05, 4.69) is 5.16 Å². The van der Waals surface area contributed by atoms with Gasteiger partial charge in [0.2, 0.25) is 0 Å². The van der Waals surface area contributed by atoms with Crippen molar-refractivity contribution in [1.82, 2.24) is 14.3 Å².